The van der Waals surface area contributed by atoms with E-state index in [1.165, 1.54) is 10.9 Å². The van der Waals surface area contributed by atoms with Gasteiger partial charge in [-0.15, -0.1) is 12.6 Å². The lowest BCUT2D eigenvalue weighted by Gasteiger charge is -1.91. The molecule has 0 bridgehead atoms. The largest absolute Gasteiger partial charge is 0.450 e. The van der Waals surface area contributed by atoms with Gasteiger partial charge in [0.2, 0.25) is 0 Å². The summed E-state index contributed by atoms with van der Waals surface area (Å²) in [6.45, 7) is 4.09. The lowest BCUT2D eigenvalue weighted by molar-refractivity contribution is 0.512. The smallest absolute Gasteiger partial charge is 0.161 e. The van der Waals surface area contributed by atoms with Crippen molar-refractivity contribution in [3.8, 4) is 0 Å². The fraction of sp³-hybridized carbons (Fsp3) is 0.200. The molecular formula is C10H10OS. The number of hydrogen-bond donors (Lipinski definition) is 1. The number of aryl methyl sites for hydroxylation is 2. The summed E-state index contributed by atoms with van der Waals surface area (Å²) in [4.78, 5) is 0. The Morgan fingerprint density at radius 2 is 2.00 bits per heavy atom. The minimum atomic E-state index is 0.718. The second-order valence-electron chi connectivity index (χ2n) is 3.03. The van der Waals surface area contributed by atoms with Gasteiger partial charge in [-0.25, -0.2) is 0 Å². The van der Waals surface area contributed by atoms with Crippen LogP contribution >= 0.6 is 12.6 Å². The maximum absolute atomic E-state index is 5.42. The van der Waals surface area contributed by atoms with Gasteiger partial charge in [-0.2, -0.15) is 0 Å². The molecule has 0 fully saturated rings. The van der Waals surface area contributed by atoms with Crippen LogP contribution in [-0.2, 0) is 0 Å². The number of fused-ring (bicyclic) bond motifs is 1. The molecule has 0 spiro atoms. The van der Waals surface area contributed by atoms with Crippen molar-refractivity contribution in [1.29, 1.82) is 0 Å². The molecule has 0 aliphatic carbocycles. The first-order chi connectivity index (χ1) is 5.68. The van der Waals surface area contributed by atoms with Crippen molar-refractivity contribution in [3.63, 3.8) is 0 Å². The Hall–Kier alpha value is -0.890. The predicted octanol–water partition coefficient (Wildman–Crippen LogP) is 3.34. The third-order valence-corrected chi connectivity index (χ3v) is 2.49. The van der Waals surface area contributed by atoms with Crippen LogP contribution in [-0.4, -0.2) is 0 Å². The number of hydrogen-bond acceptors (Lipinski definition) is 2. The number of benzene rings is 1. The molecule has 0 saturated heterocycles. The highest BCUT2D eigenvalue weighted by Crippen LogP contribution is 2.27. The molecule has 1 heterocycles. The lowest BCUT2D eigenvalue weighted by atomic mass is 10.1. The van der Waals surface area contributed by atoms with Crippen molar-refractivity contribution in [3.05, 3.63) is 29.3 Å². The van der Waals surface area contributed by atoms with E-state index in [0.717, 1.165) is 16.2 Å². The third-order valence-electron chi connectivity index (χ3n) is 2.07. The van der Waals surface area contributed by atoms with Crippen LogP contribution in [0.5, 0.6) is 0 Å². The Kier molecular flexibility index (Phi) is 1.65. The average Bonchev–Trinajstić information content (AvgIpc) is 2.31. The zero-order valence-corrected chi connectivity index (χ0v) is 7.98. The fourth-order valence-corrected chi connectivity index (χ4v) is 1.54. The number of furan rings is 1. The highest BCUT2D eigenvalue weighted by atomic mass is 32.1. The zero-order valence-electron chi connectivity index (χ0n) is 7.09. The second-order valence-corrected chi connectivity index (χ2v) is 3.44. The maximum Gasteiger partial charge on any atom is 0.161 e. The first-order valence-corrected chi connectivity index (χ1v) is 4.32. The minimum absolute atomic E-state index is 0.718. The normalized spacial score (nSPS) is 10.9. The van der Waals surface area contributed by atoms with E-state index < -0.39 is 0 Å². The first-order valence-electron chi connectivity index (χ1n) is 3.87. The van der Waals surface area contributed by atoms with Crippen LogP contribution < -0.4 is 0 Å². The standard InChI is InChI=1S/C10H10OS/c1-6-3-4-9-8(5-6)7(2)10(12)11-9/h3-5,12H,1-2H3. The first kappa shape index (κ1) is 7.74. The van der Waals surface area contributed by atoms with Crippen molar-refractivity contribution in [2.45, 2.75) is 18.9 Å². The average molecular weight is 178 g/mol. The van der Waals surface area contributed by atoms with Gasteiger partial charge in [-0.3, -0.25) is 0 Å². The van der Waals surface area contributed by atoms with Crippen molar-refractivity contribution in [2.24, 2.45) is 0 Å². The van der Waals surface area contributed by atoms with E-state index >= 15 is 0 Å². The summed E-state index contributed by atoms with van der Waals surface area (Å²) in [6.07, 6.45) is 0. The molecule has 0 aliphatic rings. The monoisotopic (exact) mass is 178 g/mol. The van der Waals surface area contributed by atoms with Gasteiger partial charge < -0.3 is 4.42 Å². The van der Waals surface area contributed by atoms with Crippen LogP contribution in [0.3, 0.4) is 0 Å². The van der Waals surface area contributed by atoms with E-state index in [1.54, 1.807) is 0 Å². The fourth-order valence-electron chi connectivity index (χ4n) is 1.32. The Morgan fingerprint density at radius 3 is 2.75 bits per heavy atom. The molecule has 0 saturated carbocycles. The molecule has 0 atom stereocenters. The van der Waals surface area contributed by atoms with E-state index in [9.17, 15) is 0 Å². The van der Waals surface area contributed by atoms with Crippen molar-refractivity contribution in [2.75, 3.05) is 0 Å². The topological polar surface area (TPSA) is 13.1 Å². The molecule has 12 heavy (non-hydrogen) atoms. The van der Waals surface area contributed by atoms with E-state index in [-0.39, 0.29) is 0 Å². The van der Waals surface area contributed by atoms with Gasteiger partial charge in [0.05, 0.1) is 0 Å². The molecule has 1 aromatic heterocycles. The molecule has 2 aromatic rings. The summed E-state index contributed by atoms with van der Waals surface area (Å²) >= 11 is 4.22. The van der Waals surface area contributed by atoms with Crippen molar-refractivity contribution < 1.29 is 4.42 Å². The van der Waals surface area contributed by atoms with Crippen LogP contribution in [0.1, 0.15) is 11.1 Å². The predicted molar refractivity (Wildman–Crippen MR) is 52.9 cm³/mol. The summed E-state index contributed by atoms with van der Waals surface area (Å²) in [6, 6.07) is 6.14. The third kappa shape index (κ3) is 1.03. The SMILES string of the molecule is Cc1ccc2oc(S)c(C)c2c1. The minimum Gasteiger partial charge on any atom is -0.450 e. The van der Waals surface area contributed by atoms with E-state index in [0.29, 0.717) is 0 Å². The van der Waals surface area contributed by atoms with Crippen LogP contribution in [0.2, 0.25) is 0 Å². The molecule has 0 N–H and O–H groups in total. The zero-order chi connectivity index (χ0) is 8.72. The molecule has 0 radical (unpaired) electrons. The van der Waals surface area contributed by atoms with E-state index in [2.05, 4.69) is 25.6 Å². The summed E-state index contributed by atoms with van der Waals surface area (Å²) in [5, 5.41) is 1.88. The molecule has 0 aliphatic heterocycles. The summed E-state index contributed by atoms with van der Waals surface area (Å²) in [5.74, 6) is 0. The highest BCUT2D eigenvalue weighted by molar-refractivity contribution is 7.80. The Bertz CT molecular complexity index is 429. The Morgan fingerprint density at radius 1 is 1.25 bits per heavy atom. The van der Waals surface area contributed by atoms with E-state index in [1.807, 2.05) is 19.1 Å². The molecule has 2 rings (SSSR count). The van der Waals surface area contributed by atoms with Gasteiger partial charge in [-0.05, 0) is 26.0 Å². The van der Waals surface area contributed by atoms with Crippen LogP contribution in [0.4, 0.5) is 0 Å². The van der Waals surface area contributed by atoms with Gasteiger partial charge in [0, 0.05) is 10.9 Å². The maximum atomic E-state index is 5.42. The van der Waals surface area contributed by atoms with Crippen molar-refractivity contribution >= 4 is 23.6 Å². The molecule has 2 heteroatoms. The molecule has 1 nitrogen and oxygen atoms in total. The quantitative estimate of drug-likeness (QED) is 0.610. The molecule has 62 valence electrons. The van der Waals surface area contributed by atoms with Gasteiger partial charge in [0.15, 0.2) is 5.09 Å². The van der Waals surface area contributed by atoms with Gasteiger partial charge >= 0.3 is 0 Å². The highest BCUT2D eigenvalue weighted by Gasteiger charge is 2.05. The van der Waals surface area contributed by atoms with Crippen molar-refractivity contribution in [1.82, 2.24) is 0 Å². The molecule has 0 unspecified atom stereocenters. The molecule has 1 aromatic carbocycles. The number of thiol groups is 1. The summed E-state index contributed by atoms with van der Waals surface area (Å²) in [7, 11) is 0. The second kappa shape index (κ2) is 2.56. The van der Waals surface area contributed by atoms with Gasteiger partial charge in [-0.1, -0.05) is 11.6 Å². The Balaban J connectivity index is 2.88. The van der Waals surface area contributed by atoms with Crippen LogP contribution in [0, 0.1) is 13.8 Å². The van der Waals surface area contributed by atoms with Crippen LogP contribution in [0.15, 0.2) is 27.7 Å². The molecular weight excluding hydrogens is 168 g/mol. The molecule has 0 amide bonds. The summed E-state index contributed by atoms with van der Waals surface area (Å²) in [5.41, 5.74) is 3.29. The lowest BCUT2D eigenvalue weighted by Crippen LogP contribution is -1.71. The Labute approximate surface area is 76.8 Å². The van der Waals surface area contributed by atoms with Gasteiger partial charge in [0.1, 0.15) is 5.58 Å². The summed E-state index contributed by atoms with van der Waals surface area (Å²) < 4.78 is 5.42. The number of rotatable bonds is 0. The van der Waals surface area contributed by atoms with Gasteiger partial charge in [0.25, 0.3) is 0 Å². The van der Waals surface area contributed by atoms with E-state index in [4.69, 9.17) is 4.42 Å². The van der Waals surface area contributed by atoms with Crippen LogP contribution in [0.25, 0.3) is 11.0 Å².